The Bertz CT molecular complexity index is 961. The average Bonchev–Trinajstić information content (AvgIpc) is 3.42. The van der Waals surface area contributed by atoms with Crippen molar-refractivity contribution in [3.05, 3.63) is 26.7 Å². The van der Waals surface area contributed by atoms with Crippen LogP contribution in [0, 0.1) is 0 Å². The van der Waals surface area contributed by atoms with Crippen LogP contribution in [-0.2, 0) is 23.6 Å². The van der Waals surface area contributed by atoms with Crippen LogP contribution in [0.2, 0.25) is 0 Å². The molecule has 1 fully saturated rings. The number of hydrogen-bond acceptors (Lipinski definition) is 7. The van der Waals surface area contributed by atoms with Crippen LogP contribution in [0.3, 0.4) is 0 Å². The van der Waals surface area contributed by atoms with E-state index < -0.39 is 16.5 Å². The molecule has 0 unspecified atom stereocenters. The standard InChI is InChI=1S/C16H20N4O4S/c1-5-24-15(22)8(2)25-13-10-12(17-11(18-13)9-6-7-9)19(3)16(23)20(4)14(10)21/h8-9H,5-7H2,1-4H3/t8-/m0/s1. The molecule has 0 N–H and O–H groups in total. The molecule has 8 nitrogen and oxygen atoms in total. The number of carbonyl (C=O) groups is 1. The number of ether oxygens (including phenoxy) is 1. The predicted octanol–water partition coefficient (Wildman–Crippen LogP) is 0.948. The zero-order chi connectivity index (χ0) is 18.3. The van der Waals surface area contributed by atoms with Gasteiger partial charge >= 0.3 is 11.7 Å². The fourth-order valence-corrected chi connectivity index (χ4v) is 3.47. The van der Waals surface area contributed by atoms with Crippen molar-refractivity contribution in [3.8, 4) is 0 Å². The second-order valence-electron chi connectivity index (χ2n) is 6.08. The van der Waals surface area contributed by atoms with E-state index in [2.05, 4.69) is 9.97 Å². The van der Waals surface area contributed by atoms with Gasteiger partial charge in [-0.25, -0.2) is 14.8 Å². The first-order valence-electron chi connectivity index (χ1n) is 8.16. The summed E-state index contributed by atoms with van der Waals surface area (Å²) in [5, 5.41) is 0.158. The number of esters is 1. The quantitative estimate of drug-likeness (QED) is 0.443. The molecule has 2 heterocycles. The average molecular weight is 364 g/mol. The van der Waals surface area contributed by atoms with E-state index in [-0.39, 0.29) is 23.9 Å². The van der Waals surface area contributed by atoms with E-state index >= 15 is 0 Å². The lowest BCUT2D eigenvalue weighted by Gasteiger charge is -2.14. The number of rotatable bonds is 5. The van der Waals surface area contributed by atoms with Crippen LogP contribution in [0.15, 0.2) is 14.6 Å². The monoisotopic (exact) mass is 364 g/mol. The molecule has 1 saturated carbocycles. The summed E-state index contributed by atoms with van der Waals surface area (Å²) in [6.45, 7) is 3.74. The van der Waals surface area contributed by atoms with Gasteiger partial charge in [-0.3, -0.25) is 18.7 Å². The molecule has 134 valence electrons. The van der Waals surface area contributed by atoms with Gasteiger partial charge in [0, 0.05) is 20.0 Å². The fourth-order valence-electron chi connectivity index (χ4n) is 2.53. The Labute approximate surface area is 148 Å². The summed E-state index contributed by atoms with van der Waals surface area (Å²) in [5.41, 5.74) is -0.588. The van der Waals surface area contributed by atoms with Gasteiger partial charge in [0.1, 0.15) is 21.5 Å². The first-order valence-corrected chi connectivity index (χ1v) is 9.04. The molecule has 0 aliphatic heterocycles. The van der Waals surface area contributed by atoms with E-state index in [4.69, 9.17) is 4.74 Å². The highest BCUT2D eigenvalue weighted by Gasteiger charge is 2.30. The van der Waals surface area contributed by atoms with E-state index in [1.165, 1.54) is 11.6 Å². The van der Waals surface area contributed by atoms with E-state index in [0.29, 0.717) is 16.5 Å². The minimum absolute atomic E-state index is 0.251. The Kier molecular flexibility index (Phi) is 4.68. The molecule has 1 atom stereocenters. The van der Waals surface area contributed by atoms with Gasteiger partial charge in [-0.2, -0.15) is 0 Å². The summed E-state index contributed by atoms with van der Waals surface area (Å²) in [6.07, 6.45) is 1.98. The molecule has 0 spiro atoms. The normalized spacial score (nSPS) is 15.4. The Morgan fingerprint density at radius 1 is 1.28 bits per heavy atom. The zero-order valence-electron chi connectivity index (χ0n) is 14.6. The molecule has 1 aliphatic carbocycles. The van der Waals surface area contributed by atoms with E-state index in [1.54, 1.807) is 20.9 Å². The van der Waals surface area contributed by atoms with Crippen molar-refractivity contribution in [1.82, 2.24) is 19.1 Å². The van der Waals surface area contributed by atoms with Gasteiger partial charge in [0.15, 0.2) is 5.65 Å². The first-order chi connectivity index (χ1) is 11.8. The molecule has 0 radical (unpaired) electrons. The molecule has 25 heavy (non-hydrogen) atoms. The number of nitrogens with zero attached hydrogens (tertiary/aromatic N) is 4. The summed E-state index contributed by atoms with van der Waals surface area (Å²) < 4.78 is 7.41. The Morgan fingerprint density at radius 3 is 2.56 bits per heavy atom. The zero-order valence-corrected chi connectivity index (χ0v) is 15.4. The number of aromatic nitrogens is 4. The molecule has 9 heteroatoms. The van der Waals surface area contributed by atoms with Crippen LogP contribution in [-0.4, -0.2) is 36.9 Å². The maximum absolute atomic E-state index is 12.6. The molecule has 0 amide bonds. The lowest BCUT2D eigenvalue weighted by Crippen LogP contribution is -2.38. The molecule has 2 aromatic rings. The smallest absolute Gasteiger partial charge is 0.332 e. The molecule has 1 aliphatic rings. The number of thioether (sulfide) groups is 1. The summed E-state index contributed by atoms with van der Waals surface area (Å²) in [5.74, 6) is 0.504. The molecule has 0 saturated heterocycles. The topological polar surface area (TPSA) is 96.1 Å². The molecule has 2 aromatic heterocycles. The van der Waals surface area contributed by atoms with Crippen LogP contribution in [0.25, 0.3) is 11.0 Å². The van der Waals surface area contributed by atoms with Crippen molar-refractivity contribution in [2.45, 2.75) is 42.9 Å². The molecule has 0 bridgehead atoms. The summed E-state index contributed by atoms with van der Waals surface area (Å²) in [6, 6.07) is 0. The molecule has 0 aromatic carbocycles. The molecular formula is C16H20N4O4S. The van der Waals surface area contributed by atoms with Crippen LogP contribution in [0.4, 0.5) is 0 Å². The van der Waals surface area contributed by atoms with Crippen molar-refractivity contribution < 1.29 is 9.53 Å². The fraction of sp³-hybridized carbons (Fsp3) is 0.562. The highest BCUT2D eigenvalue weighted by Crippen LogP contribution is 2.39. The van der Waals surface area contributed by atoms with Gasteiger partial charge in [-0.1, -0.05) is 11.8 Å². The maximum atomic E-state index is 12.6. The van der Waals surface area contributed by atoms with Crippen LogP contribution in [0.1, 0.15) is 38.4 Å². The maximum Gasteiger partial charge on any atom is 0.332 e. The largest absolute Gasteiger partial charge is 0.465 e. The first kappa shape index (κ1) is 17.7. The number of aryl methyl sites for hydroxylation is 1. The highest BCUT2D eigenvalue weighted by molar-refractivity contribution is 8.00. The predicted molar refractivity (Wildman–Crippen MR) is 93.9 cm³/mol. The van der Waals surface area contributed by atoms with E-state index in [1.807, 2.05) is 0 Å². The summed E-state index contributed by atoms with van der Waals surface area (Å²) >= 11 is 1.16. The van der Waals surface area contributed by atoms with Gasteiger partial charge < -0.3 is 4.74 Å². The second kappa shape index (κ2) is 6.62. The van der Waals surface area contributed by atoms with Gasteiger partial charge in [-0.05, 0) is 26.7 Å². The Hall–Kier alpha value is -2.16. The van der Waals surface area contributed by atoms with Crippen molar-refractivity contribution in [2.24, 2.45) is 14.1 Å². The summed E-state index contributed by atoms with van der Waals surface area (Å²) in [4.78, 5) is 45.8. The third kappa shape index (κ3) is 3.20. The minimum atomic E-state index is -0.521. The van der Waals surface area contributed by atoms with Crippen LogP contribution < -0.4 is 11.2 Å². The highest BCUT2D eigenvalue weighted by atomic mass is 32.2. The third-order valence-corrected chi connectivity index (χ3v) is 5.20. The van der Waals surface area contributed by atoms with Crippen molar-refractivity contribution >= 4 is 28.8 Å². The molecule has 3 rings (SSSR count). The Balaban J connectivity index is 2.20. The lowest BCUT2D eigenvalue weighted by atomic mass is 10.3. The number of carbonyl (C=O) groups excluding carboxylic acids is 1. The van der Waals surface area contributed by atoms with Crippen LogP contribution in [0.5, 0.6) is 0 Å². The van der Waals surface area contributed by atoms with Gasteiger partial charge in [0.05, 0.1) is 6.61 Å². The van der Waals surface area contributed by atoms with Gasteiger partial charge in [0.2, 0.25) is 0 Å². The van der Waals surface area contributed by atoms with Gasteiger partial charge in [0.25, 0.3) is 5.56 Å². The van der Waals surface area contributed by atoms with Crippen molar-refractivity contribution in [3.63, 3.8) is 0 Å². The van der Waals surface area contributed by atoms with Crippen molar-refractivity contribution in [2.75, 3.05) is 6.61 Å². The van der Waals surface area contributed by atoms with Crippen molar-refractivity contribution in [1.29, 1.82) is 0 Å². The van der Waals surface area contributed by atoms with E-state index in [9.17, 15) is 14.4 Å². The van der Waals surface area contributed by atoms with Gasteiger partial charge in [-0.15, -0.1) is 0 Å². The number of hydrogen-bond donors (Lipinski definition) is 0. The van der Waals surface area contributed by atoms with Crippen LogP contribution >= 0.6 is 11.8 Å². The SMILES string of the molecule is CCOC(=O)[C@H](C)Sc1nc(C2CC2)nc2c1c(=O)n(C)c(=O)n2C. The second-order valence-corrected chi connectivity index (χ2v) is 7.41. The third-order valence-electron chi connectivity index (χ3n) is 4.13. The van der Waals surface area contributed by atoms with E-state index in [0.717, 1.165) is 29.2 Å². The lowest BCUT2D eigenvalue weighted by molar-refractivity contribution is -0.142. The number of fused-ring (bicyclic) bond motifs is 1. The Morgan fingerprint density at radius 2 is 1.96 bits per heavy atom. The molecular weight excluding hydrogens is 344 g/mol. The minimum Gasteiger partial charge on any atom is -0.465 e. The summed E-state index contributed by atoms with van der Waals surface area (Å²) in [7, 11) is 3.00.